The average molecular weight is 253 g/mol. The number of esters is 1. The van der Waals surface area contributed by atoms with Gasteiger partial charge in [0.25, 0.3) is 0 Å². The van der Waals surface area contributed by atoms with Crippen molar-refractivity contribution in [1.29, 1.82) is 0 Å². The number of rotatable bonds is 12. The smallest absolute Gasteiger partial charge is 0.305 e. The fraction of sp³-hybridized carbons (Fsp3) is 0.667. The molecule has 0 amide bonds. The monoisotopic (exact) mass is 253 g/mol. The summed E-state index contributed by atoms with van der Waals surface area (Å²) in [5.74, 6) is -0.0718. The minimum atomic E-state index is -0.0718. The van der Waals surface area contributed by atoms with E-state index in [9.17, 15) is 4.79 Å². The summed E-state index contributed by atoms with van der Waals surface area (Å²) >= 11 is 0. The molecule has 0 rings (SSSR count). The zero-order chi connectivity index (χ0) is 13.6. The zero-order valence-electron chi connectivity index (χ0n) is 11.7. The van der Waals surface area contributed by atoms with Crippen LogP contribution in [0.2, 0.25) is 0 Å². The van der Waals surface area contributed by atoms with Crippen LogP contribution in [0.3, 0.4) is 0 Å². The predicted molar refractivity (Wildman–Crippen MR) is 76.6 cm³/mol. The van der Waals surface area contributed by atoms with Crippen LogP contribution in [-0.4, -0.2) is 37.1 Å². The molecule has 0 aliphatic carbocycles. The van der Waals surface area contributed by atoms with E-state index in [0.29, 0.717) is 13.0 Å². The molecule has 3 heteroatoms. The Kier molecular flexibility index (Phi) is 11.6. The Labute approximate surface area is 112 Å². The molecule has 0 N–H and O–H groups in total. The molecule has 0 radical (unpaired) electrons. The maximum absolute atomic E-state index is 11.1. The lowest BCUT2D eigenvalue weighted by molar-refractivity contribution is -0.143. The molecule has 104 valence electrons. The van der Waals surface area contributed by atoms with Crippen molar-refractivity contribution in [3.63, 3.8) is 0 Å². The third-order valence-corrected chi connectivity index (χ3v) is 2.69. The van der Waals surface area contributed by atoms with Gasteiger partial charge in [0.2, 0.25) is 0 Å². The summed E-state index contributed by atoms with van der Waals surface area (Å²) in [5, 5.41) is 0. The third-order valence-electron chi connectivity index (χ3n) is 2.69. The summed E-state index contributed by atoms with van der Waals surface area (Å²) in [5.41, 5.74) is 0. The molecule has 0 aromatic heterocycles. The van der Waals surface area contributed by atoms with Crippen molar-refractivity contribution in [1.82, 2.24) is 4.90 Å². The molecule has 0 aliphatic heterocycles. The van der Waals surface area contributed by atoms with Crippen molar-refractivity contribution in [2.75, 3.05) is 26.2 Å². The maximum atomic E-state index is 11.1. The number of carbonyl (C=O) groups excluding carboxylic acids is 1. The molecular formula is C15H27NO2. The largest absolute Gasteiger partial charge is 0.466 e. The summed E-state index contributed by atoms with van der Waals surface area (Å²) in [4.78, 5) is 13.4. The van der Waals surface area contributed by atoms with Crippen molar-refractivity contribution in [2.24, 2.45) is 0 Å². The lowest BCUT2D eigenvalue weighted by atomic mass is 10.1. The molecule has 0 heterocycles. The Hall–Kier alpha value is -1.09. The van der Waals surface area contributed by atoms with Gasteiger partial charge in [-0.1, -0.05) is 25.0 Å². The number of hydrogen-bond acceptors (Lipinski definition) is 3. The van der Waals surface area contributed by atoms with E-state index in [0.717, 1.165) is 45.3 Å². The van der Waals surface area contributed by atoms with Crippen molar-refractivity contribution in [3.05, 3.63) is 25.3 Å². The van der Waals surface area contributed by atoms with Crippen LogP contribution in [0.1, 0.15) is 39.0 Å². The molecule has 0 spiro atoms. The first kappa shape index (κ1) is 16.9. The van der Waals surface area contributed by atoms with Crippen molar-refractivity contribution in [3.8, 4) is 0 Å². The molecule has 0 saturated heterocycles. The maximum Gasteiger partial charge on any atom is 0.305 e. The fourth-order valence-corrected chi connectivity index (χ4v) is 1.81. The molecule has 0 unspecified atom stereocenters. The normalized spacial score (nSPS) is 10.3. The van der Waals surface area contributed by atoms with Crippen LogP contribution in [0.25, 0.3) is 0 Å². The SMILES string of the molecule is C=CCN(CC=C)CCCCCCC(=O)OCC. The highest BCUT2D eigenvalue weighted by atomic mass is 16.5. The van der Waals surface area contributed by atoms with Crippen molar-refractivity contribution in [2.45, 2.75) is 39.0 Å². The van der Waals surface area contributed by atoms with Gasteiger partial charge in [0.05, 0.1) is 6.61 Å². The minimum absolute atomic E-state index is 0.0718. The summed E-state index contributed by atoms with van der Waals surface area (Å²) in [6.07, 6.45) is 8.73. The van der Waals surface area contributed by atoms with Gasteiger partial charge in [-0.05, 0) is 26.3 Å². The average Bonchev–Trinajstić information content (AvgIpc) is 2.34. The van der Waals surface area contributed by atoms with Crippen LogP contribution in [0.15, 0.2) is 25.3 Å². The summed E-state index contributed by atoms with van der Waals surface area (Å²) in [6.45, 7) is 12.7. The van der Waals surface area contributed by atoms with Crippen LogP contribution in [0.5, 0.6) is 0 Å². The summed E-state index contributed by atoms with van der Waals surface area (Å²) < 4.78 is 4.88. The Morgan fingerprint density at radius 2 is 1.72 bits per heavy atom. The molecule has 0 atom stereocenters. The predicted octanol–water partition coefficient (Wildman–Crippen LogP) is 3.17. The van der Waals surface area contributed by atoms with Gasteiger partial charge in [0.15, 0.2) is 0 Å². The highest BCUT2D eigenvalue weighted by molar-refractivity contribution is 5.69. The second-order valence-electron chi connectivity index (χ2n) is 4.31. The van der Waals surface area contributed by atoms with Gasteiger partial charge in [-0.25, -0.2) is 0 Å². The number of hydrogen-bond donors (Lipinski definition) is 0. The highest BCUT2D eigenvalue weighted by Crippen LogP contribution is 2.05. The van der Waals surface area contributed by atoms with Gasteiger partial charge in [0.1, 0.15) is 0 Å². The van der Waals surface area contributed by atoms with Gasteiger partial charge in [-0.15, -0.1) is 13.2 Å². The van der Waals surface area contributed by atoms with Crippen molar-refractivity contribution < 1.29 is 9.53 Å². The fourth-order valence-electron chi connectivity index (χ4n) is 1.81. The quantitative estimate of drug-likeness (QED) is 0.304. The van der Waals surface area contributed by atoms with Gasteiger partial charge >= 0.3 is 5.97 Å². The van der Waals surface area contributed by atoms with E-state index >= 15 is 0 Å². The number of ether oxygens (including phenoxy) is 1. The van der Waals surface area contributed by atoms with Gasteiger partial charge in [-0.3, -0.25) is 9.69 Å². The molecule has 0 aromatic rings. The van der Waals surface area contributed by atoms with E-state index in [1.807, 2.05) is 19.1 Å². The van der Waals surface area contributed by atoms with E-state index in [1.54, 1.807) is 0 Å². The van der Waals surface area contributed by atoms with Gasteiger partial charge in [0, 0.05) is 19.5 Å². The van der Waals surface area contributed by atoms with Crippen LogP contribution in [0, 0.1) is 0 Å². The second kappa shape index (κ2) is 12.4. The Bertz CT molecular complexity index is 229. The Morgan fingerprint density at radius 3 is 2.28 bits per heavy atom. The van der Waals surface area contributed by atoms with E-state index in [4.69, 9.17) is 4.74 Å². The highest BCUT2D eigenvalue weighted by Gasteiger charge is 2.02. The third kappa shape index (κ3) is 10.1. The molecule has 0 aromatic carbocycles. The molecule has 0 saturated carbocycles. The van der Waals surface area contributed by atoms with Gasteiger partial charge in [-0.2, -0.15) is 0 Å². The lowest BCUT2D eigenvalue weighted by Crippen LogP contribution is -2.24. The first-order valence-corrected chi connectivity index (χ1v) is 6.84. The molecule has 18 heavy (non-hydrogen) atoms. The first-order valence-electron chi connectivity index (χ1n) is 6.84. The minimum Gasteiger partial charge on any atom is -0.466 e. The van der Waals surface area contributed by atoms with E-state index < -0.39 is 0 Å². The molecule has 0 aliphatic rings. The molecule has 0 fully saturated rings. The molecular weight excluding hydrogens is 226 g/mol. The zero-order valence-corrected chi connectivity index (χ0v) is 11.7. The van der Waals surface area contributed by atoms with Crippen LogP contribution < -0.4 is 0 Å². The van der Waals surface area contributed by atoms with Gasteiger partial charge < -0.3 is 4.74 Å². The first-order chi connectivity index (χ1) is 8.74. The Morgan fingerprint density at radius 1 is 1.11 bits per heavy atom. The van der Waals surface area contributed by atoms with E-state index in [1.165, 1.54) is 0 Å². The standard InChI is InChI=1S/C15H27NO2/c1-4-12-16(13-5-2)14-10-8-7-9-11-15(17)18-6-3/h4-5H,1-2,6-14H2,3H3. The number of nitrogens with zero attached hydrogens (tertiary/aromatic N) is 1. The lowest BCUT2D eigenvalue weighted by Gasteiger charge is -2.18. The van der Waals surface area contributed by atoms with Crippen LogP contribution in [0.4, 0.5) is 0 Å². The van der Waals surface area contributed by atoms with E-state index in [-0.39, 0.29) is 5.97 Å². The Balaban J connectivity index is 3.44. The molecule has 0 bridgehead atoms. The summed E-state index contributed by atoms with van der Waals surface area (Å²) in [6, 6.07) is 0. The number of unbranched alkanes of at least 4 members (excludes halogenated alkanes) is 3. The molecule has 3 nitrogen and oxygen atoms in total. The van der Waals surface area contributed by atoms with Crippen molar-refractivity contribution >= 4 is 5.97 Å². The van der Waals surface area contributed by atoms with Crippen LogP contribution in [-0.2, 0) is 9.53 Å². The number of carbonyl (C=O) groups is 1. The second-order valence-corrected chi connectivity index (χ2v) is 4.31. The topological polar surface area (TPSA) is 29.5 Å². The summed E-state index contributed by atoms with van der Waals surface area (Å²) in [7, 11) is 0. The van der Waals surface area contributed by atoms with E-state index in [2.05, 4.69) is 18.1 Å². The van der Waals surface area contributed by atoms with Crippen LogP contribution >= 0.6 is 0 Å².